The van der Waals surface area contributed by atoms with Crippen molar-refractivity contribution in [2.75, 3.05) is 37.8 Å². The fourth-order valence-electron chi connectivity index (χ4n) is 4.36. The molecule has 2 aliphatic rings. The molecule has 176 valence electrons. The molecule has 3 aromatic heterocycles. The second-order valence-corrected chi connectivity index (χ2v) is 11.2. The predicted molar refractivity (Wildman–Crippen MR) is 130 cm³/mol. The van der Waals surface area contributed by atoms with E-state index in [1.807, 2.05) is 13.8 Å². The number of nitrogens with zero attached hydrogens (tertiary/aromatic N) is 4. The average Bonchev–Trinajstić information content (AvgIpc) is 3.18. The molecular weight excluding hydrogens is 460 g/mol. The zero-order valence-corrected chi connectivity index (χ0v) is 21.0. The SMILES string of the molecule is CCOC(=O)C(C)Sc1ncnc2c1sc1nc(N3CCOCC3)c3c(c12)CC(C)(C)OC3. The van der Waals surface area contributed by atoms with Crippen molar-refractivity contribution in [1.29, 1.82) is 0 Å². The van der Waals surface area contributed by atoms with Gasteiger partial charge < -0.3 is 19.1 Å². The van der Waals surface area contributed by atoms with Gasteiger partial charge in [-0.1, -0.05) is 11.8 Å². The fourth-order valence-corrected chi connectivity index (χ4v) is 6.48. The predicted octanol–water partition coefficient (Wildman–Crippen LogP) is 3.97. The fraction of sp³-hybridized carbons (Fsp3) is 0.565. The van der Waals surface area contributed by atoms with Gasteiger partial charge in [-0.3, -0.25) is 4.79 Å². The molecule has 1 atom stereocenters. The maximum atomic E-state index is 12.2. The number of fused-ring (bicyclic) bond motifs is 5. The van der Waals surface area contributed by atoms with Crippen LogP contribution < -0.4 is 4.90 Å². The van der Waals surface area contributed by atoms with Crippen LogP contribution in [0.15, 0.2) is 11.4 Å². The normalized spacial score (nSPS) is 19.0. The van der Waals surface area contributed by atoms with E-state index in [1.165, 1.54) is 17.3 Å². The molecule has 10 heteroatoms. The Labute approximate surface area is 201 Å². The van der Waals surface area contributed by atoms with Gasteiger partial charge in [0.1, 0.15) is 27.3 Å². The molecule has 0 N–H and O–H groups in total. The molecule has 1 saturated heterocycles. The van der Waals surface area contributed by atoms with E-state index in [1.54, 1.807) is 17.7 Å². The highest BCUT2D eigenvalue weighted by molar-refractivity contribution is 8.00. The lowest BCUT2D eigenvalue weighted by Crippen LogP contribution is -2.39. The first-order chi connectivity index (χ1) is 15.9. The molecule has 1 fully saturated rings. The van der Waals surface area contributed by atoms with Gasteiger partial charge in [0.05, 0.1) is 42.2 Å². The molecule has 0 saturated carbocycles. The molecule has 5 heterocycles. The molecular formula is C23H28N4O4S2. The molecule has 0 aromatic carbocycles. The molecule has 5 rings (SSSR count). The number of thioether (sulfide) groups is 1. The summed E-state index contributed by atoms with van der Waals surface area (Å²) >= 11 is 3.01. The van der Waals surface area contributed by atoms with E-state index in [2.05, 4.69) is 28.7 Å². The van der Waals surface area contributed by atoms with Crippen LogP contribution in [0.5, 0.6) is 0 Å². The topological polar surface area (TPSA) is 86.7 Å². The van der Waals surface area contributed by atoms with Crippen LogP contribution in [-0.2, 0) is 32.0 Å². The summed E-state index contributed by atoms with van der Waals surface area (Å²) < 4.78 is 17.9. The number of anilines is 1. The van der Waals surface area contributed by atoms with Crippen LogP contribution in [-0.4, -0.2) is 64.7 Å². The Kier molecular flexibility index (Phi) is 6.19. The third kappa shape index (κ3) is 4.29. The number of pyridine rings is 1. The van der Waals surface area contributed by atoms with E-state index >= 15 is 0 Å². The van der Waals surface area contributed by atoms with Crippen molar-refractivity contribution in [3.63, 3.8) is 0 Å². The Morgan fingerprint density at radius 1 is 1.30 bits per heavy atom. The minimum Gasteiger partial charge on any atom is -0.465 e. The first-order valence-electron chi connectivity index (χ1n) is 11.3. The standard InChI is InChI=1S/C23H28N4O4S2/c1-5-30-22(28)13(2)32-21-18-17(24-12-25-21)16-14-10-23(3,4)31-11-15(14)19(26-20(16)33-18)27-6-8-29-9-7-27/h12-13H,5-11H2,1-4H3. The summed E-state index contributed by atoms with van der Waals surface area (Å²) in [4.78, 5) is 29.8. The van der Waals surface area contributed by atoms with E-state index < -0.39 is 0 Å². The van der Waals surface area contributed by atoms with Gasteiger partial charge in [0.25, 0.3) is 0 Å². The van der Waals surface area contributed by atoms with Crippen molar-refractivity contribution < 1.29 is 19.0 Å². The summed E-state index contributed by atoms with van der Waals surface area (Å²) in [5, 5.41) is 1.52. The molecule has 0 amide bonds. The van der Waals surface area contributed by atoms with Gasteiger partial charge in [-0.15, -0.1) is 11.3 Å². The summed E-state index contributed by atoms with van der Waals surface area (Å²) in [6.07, 6.45) is 2.37. The minimum atomic E-state index is -0.355. The van der Waals surface area contributed by atoms with E-state index in [-0.39, 0.29) is 16.8 Å². The first-order valence-corrected chi connectivity index (χ1v) is 13.0. The second kappa shape index (κ2) is 8.98. The quantitative estimate of drug-likeness (QED) is 0.301. The minimum absolute atomic E-state index is 0.237. The van der Waals surface area contributed by atoms with E-state index in [4.69, 9.17) is 19.2 Å². The maximum absolute atomic E-state index is 12.2. The summed E-state index contributed by atoms with van der Waals surface area (Å²) in [5.74, 6) is 0.754. The lowest BCUT2D eigenvalue weighted by molar-refractivity contribution is -0.142. The Hall–Kier alpha value is -2.01. The number of aromatic nitrogens is 3. The van der Waals surface area contributed by atoms with Gasteiger partial charge >= 0.3 is 5.97 Å². The van der Waals surface area contributed by atoms with Crippen LogP contribution in [0.4, 0.5) is 5.82 Å². The second-order valence-electron chi connectivity index (χ2n) is 8.87. The number of ether oxygens (including phenoxy) is 3. The van der Waals surface area contributed by atoms with Crippen molar-refractivity contribution in [3.05, 3.63) is 17.5 Å². The van der Waals surface area contributed by atoms with E-state index in [0.29, 0.717) is 26.4 Å². The van der Waals surface area contributed by atoms with Crippen LogP contribution >= 0.6 is 23.1 Å². The highest BCUT2D eigenvalue weighted by Crippen LogP contribution is 2.44. The van der Waals surface area contributed by atoms with Crippen molar-refractivity contribution >= 4 is 55.3 Å². The third-order valence-electron chi connectivity index (χ3n) is 5.99. The summed E-state index contributed by atoms with van der Waals surface area (Å²) in [6, 6.07) is 0. The molecule has 33 heavy (non-hydrogen) atoms. The van der Waals surface area contributed by atoms with Crippen LogP contribution in [0, 0.1) is 0 Å². The zero-order valence-electron chi connectivity index (χ0n) is 19.3. The zero-order chi connectivity index (χ0) is 23.2. The number of esters is 1. The maximum Gasteiger partial charge on any atom is 0.319 e. The highest BCUT2D eigenvalue weighted by atomic mass is 32.2. The summed E-state index contributed by atoms with van der Waals surface area (Å²) in [6.45, 7) is 11.8. The smallest absolute Gasteiger partial charge is 0.319 e. The molecule has 8 nitrogen and oxygen atoms in total. The van der Waals surface area contributed by atoms with Crippen molar-refractivity contribution in [2.45, 2.75) is 56.6 Å². The van der Waals surface area contributed by atoms with E-state index in [0.717, 1.165) is 56.4 Å². The van der Waals surface area contributed by atoms with Gasteiger partial charge in [-0.05, 0) is 33.3 Å². The molecule has 1 unspecified atom stereocenters. The Balaban J connectivity index is 1.66. The number of thiophene rings is 1. The van der Waals surface area contributed by atoms with Gasteiger partial charge in [-0.2, -0.15) is 0 Å². The Bertz CT molecular complexity index is 1210. The number of rotatable bonds is 5. The number of morpholine rings is 1. The monoisotopic (exact) mass is 488 g/mol. The van der Waals surface area contributed by atoms with Crippen LogP contribution in [0.2, 0.25) is 0 Å². The lowest BCUT2D eigenvalue weighted by Gasteiger charge is -2.36. The lowest BCUT2D eigenvalue weighted by atomic mass is 9.90. The van der Waals surface area contributed by atoms with Crippen LogP contribution in [0.1, 0.15) is 38.8 Å². The number of hydrogen-bond acceptors (Lipinski definition) is 10. The number of carbonyl (C=O) groups excluding carboxylic acids is 1. The van der Waals surface area contributed by atoms with Gasteiger partial charge in [0, 0.05) is 30.5 Å². The third-order valence-corrected chi connectivity index (χ3v) is 8.28. The van der Waals surface area contributed by atoms with Gasteiger partial charge in [0.2, 0.25) is 0 Å². The molecule has 2 aliphatic heterocycles. The first kappa shape index (κ1) is 22.8. The van der Waals surface area contributed by atoms with E-state index in [9.17, 15) is 4.79 Å². The van der Waals surface area contributed by atoms with Crippen LogP contribution in [0.25, 0.3) is 20.4 Å². The summed E-state index contributed by atoms with van der Waals surface area (Å²) in [5.41, 5.74) is 3.05. The molecule has 0 radical (unpaired) electrons. The van der Waals surface area contributed by atoms with Gasteiger partial charge in [-0.25, -0.2) is 15.0 Å². The largest absolute Gasteiger partial charge is 0.465 e. The van der Waals surface area contributed by atoms with Crippen molar-refractivity contribution in [2.24, 2.45) is 0 Å². The average molecular weight is 489 g/mol. The number of carbonyl (C=O) groups is 1. The molecule has 0 bridgehead atoms. The molecule has 0 aliphatic carbocycles. The number of hydrogen-bond donors (Lipinski definition) is 0. The van der Waals surface area contributed by atoms with Crippen molar-refractivity contribution in [3.8, 4) is 0 Å². The highest BCUT2D eigenvalue weighted by Gasteiger charge is 2.33. The summed E-state index contributed by atoms with van der Waals surface area (Å²) in [7, 11) is 0. The Morgan fingerprint density at radius 3 is 2.85 bits per heavy atom. The molecule has 3 aromatic rings. The molecule has 0 spiro atoms. The van der Waals surface area contributed by atoms with Crippen molar-refractivity contribution in [1.82, 2.24) is 15.0 Å². The van der Waals surface area contributed by atoms with Crippen LogP contribution in [0.3, 0.4) is 0 Å². The van der Waals surface area contributed by atoms with Gasteiger partial charge in [0.15, 0.2) is 0 Å². The Morgan fingerprint density at radius 2 is 2.09 bits per heavy atom.